The molecule has 4 aromatic rings. The van der Waals surface area contributed by atoms with Gasteiger partial charge in [-0.15, -0.1) is 10.2 Å². The van der Waals surface area contributed by atoms with Crippen LogP contribution in [0.4, 0.5) is 10.1 Å². The molecule has 5 rings (SSSR count). The molecular weight excluding hydrogens is 623 g/mol. The van der Waals surface area contributed by atoms with E-state index in [1.807, 2.05) is 31.2 Å². The number of hydrogen-bond donors (Lipinski definition) is 4. The zero-order valence-corrected chi connectivity index (χ0v) is 27.4. The molecule has 0 saturated heterocycles. The SMILES string of the molecule is Cc1cc(S(=O)(=O)N(C)C)ccc1-c1ccc(CC(NC(=O)C2CCC(CN)CC2)C(=O)Nc2ccc(-c3nn[nH]n3)c(F)c2)cc1. The first-order chi connectivity index (χ1) is 22.5. The normalized spacial score (nSPS) is 17.3. The zero-order valence-electron chi connectivity index (χ0n) is 26.5. The lowest BCUT2D eigenvalue weighted by Crippen LogP contribution is -2.48. The number of nitrogens with zero attached hydrogens (tertiary/aromatic N) is 4. The number of H-pyrrole nitrogens is 1. The lowest BCUT2D eigenvalue weighted by Gasteiger charge is -2.28. The first kappa shape index (κ1) is 33.8. The molecule has 0 aliphatic heterocycles. The Hall–Kier alpha value is -4.53. The van der Waals surface area contributed by atoms with Crippen LogP contribution in [0.3, 0.4) is 0 Å². The second-order valence-electron chi connectivity index (χ2n) is 12.1. The topological polar surface area (TPSA) is 176 Å². The quantitative estimate of drug-likeness (QED) is 0.188. The highest BCUT2D eigenvalue weighted by atomic mass is 32.2. The molecule has 0 radical (unpaired) electrons. The minimum atomic E-state index is -3.56. The van der Waals surface area contributed by atoms with E-state index >= 15 is 0 Å². The van der Waals surface area contributed by atoms with E-state index in [1.165, 1.54) is 36.6 Å². The number of amides is 2. The van der Waals surface area contributed by atoms with E-state index in [1.54, 1.807) is 18.2 Å². The van der Waals surface area contributed by atoms with Crippen LogP contribution in [-0.4, -0.2) is 71.8 Å². The molecule has 248 valence electrons. The summed E-state index contributed by atoms with van der Waals surface area (Å²) in [6.45, 7) is 2.45. The molecule has 0 spiro atoms. The fourth-order valence-corrected chi connectivity index (χ4v) is 6.81. The average Bonchev–Trinajstić information content (AvgIpc) is 3.59. The number of carbonyl (C=O) groups excluding carboxylic acids is 2. The van der Waals surface area contributed by atoms with E-state index in [-0.39, 0.29) is 40.2 Å². The van der Waals surface area contributed by atoms with Crippen LogP contribution < -0.4 is 16.4 Å². The highest BCUT2D eigenvalue weighted by Gasteiger charge is 2.29. The molecule has 12 nitrogen and oxygen atoms in total. The maximum absolute atomic E-state index is 14.9. The lowest BCUT2D eigenvalue weighted by molar-refractivity contribution is -0.130. The van der Waals surface area contributed by atoms with Crippen molar-refractivity contribution in [2.75, 3.05) is 26.0 Å². The summed E-state index contributed by atoms with van der Waals surface area (Å²) in [5, 5.41) is 19.0. The molecule has 3 aromatic carbocycles. The van der Waals surface area contributed by atoms with E-state index in [4.69, 9.17) is 5.73 Å². The third kappa shape index (κ3) is 7.89. The summed E-state index contributed by atoms with van der Waals surface area (Å²) < 4.78 is 41.2. The summed E-state index contributed by atoms with van der Waals surface area (Å²) in [5.41, 5.74) is 9.50. The fourth-order valence-electron chi connectivity index (χ4n) is 5.83. The van der Waals surface area contributed by atoms with E-state index in [0.29, 0.717) is 25.3 Å². The van der Waals surface area contributed by atoms with Gasteiger partial charge in [0.15, 0.2) is 0 Å². The second kappa shape index (κ2) is 14.5. The molecule has 1 atom stereocenters. The number of benzene rings is 3. The molecule has 5 N–H and O–H groups in total. The van der Waals surface area contributed by atoms with Gasteiger partial charge in [-0.1, -0.05) is 30.3 Å². The number of hydrogen-bond acceptors (Lipinski definition) is 8. The summed E-state index contributed by atoms with van der Waals surface area (Å²) in [7, 11) is -0.578. The Morgan fingerprint density at radius 3 is 2.32 bits per heavy atom. The van der Waals surface area contributed by atoms with Crippen molar-refractivity contribution in [3.05, 3.63) is 77.6 Å². The summed E-state index contributed by atoms with van der Waals surface area (Å²) >= 11 is 0. The van der Waals surface area contributed by atoms with Gasteiger partial charge in [0.2, 0.25) is 27.7 Å². The minimum Gasteiger partial charge on any atom is -0.344 e. The highest BCUT2D eigenvalue weighted by molar-refractivity contribution is 7.89. The number of halogens is 1. The highest BCUT2D eigenvalue weighted by Crippen LogP contribution is 2.30. The van der Waals surface area contributed by atoms with Gasteiger partial charge in [-0.25, -0.2) is 17.1 Å². The average molecular weight is 663 g/mol. The molecule has 0 bridgehead atoms. The summed E-state index contributed by atoms with van der Waals surface area (Å²) in [6.07, 6.45) is 3.32. The van der Waals surface area contributed by atoms with Crippen LogP contribution in [0.2, 0.25) is 0 Å². The van der Waals surface area contributed by atoms with Crippen molar-refractivity contribution in [1.82, 2.24) is 30.2 Å². The van der Waals surface area contributed by atoms with Gasteiger partial charge in [-0.3, -0.25) is 9.59 Å². The Morgan fingerprint density at radius 1 is 1.02 bits per heavy atom. The molecule has 1 saturated carbocycles. The van der Waals surface area contributed by atoms with Crippen molar-refractivity contribution in [1.29, 1.82) is 0 Å². The maximum atomic E-state index is 14.9. The third-order valence-electron chi connectivity index (χ3n) is 8.69. The summed E-state index contributed by atoms with van der Waals surface area (Å²) in [6, 6.07) is 15.8. The number of aryl methyl sites for hydroxylation is 1. The number of tetrazole rings is 1. The van der Waals surface area contributed by atoms with Gasteiger partial charge < -0.3 is 16.4 Å². The van der Waals surface area contributed by atoms with E-state index < -0.39 is 27.8 Å². The Labute approximate surface area is 273 Å². The maximum Gasteiger partial charge on any atom is 0.247 e. The fraction of sp³-hybridized carbons (Fsp3) is 0.364. The number of aromatic nitrogens is 4. The summed E-state index contributed by atoms with van der Waals surface area (Å²) in [5.74, 6) is -1.05. The molecule has 1 aliphatic rings. The molecule has 1 aromatic heterocycles. The molecule has 2 amide bonds. The number of aromatic amines is 1. The van der Waals surface area contributed by atoms with Crippen LogP contribution in [0, 0.1) is 24.6 Å². The largest absolute Gasteiger partial charge is 0.344 e. The Bertz CT molecular complexity index is 1820. The second-order valence-corrected chi connectivity index (χ2v) is 14.3. The van der Waals surface area contributed by atoms with Gasteiger partial charge in [0.1, 0.15) is 11.9 Å². The van der Waals surface area contributed by atoms with Crippen LogP contribution in [-0.2, 0) is 26.0 Å². The van der Waals surface area contributed by atoms with Crippen molar-refractivity contribution in [2.45, 2.75) is 50.0 Å². The van der Waals surface area contributed by atoms with Crippen molar-refractivity contribution < 1.29 is 22.4 Å². The predicted octanol–water partition coefficient (Wildman–Crippen LogP) is 3.66. The molecule has 47 heavy (non-hydrogen) atoms. The van der Waals surface area contributed by atoms with Gasteiger partial charge in [0, 0.05) is 32.1 Å². The Kier molecular flexibility index (Phi) is 10.4. The van der Waals surface area contributed by atoms with Crippen LogP contribution in [0.15, 0.2) is 65.6 Å². The number of anilines is 1. The van der Waals surface area contributed by atoms with Crippen LogP contribution >= 0.6 is 0 Å². The number of carbonyl (C=O) groups is 2. The van der Waals surface area contributed by atoms with E-state index in [2.05, 4.69) is 31.3 Å². The van der Waals surface area contributed by atoms with Gasteiger partial charge in [0.05, 0.1) is 10.5 Å². The van der Waals surface area contributed by atoms with E-state index in [9.17, 15) is 22.4 Å². The van der Waals surface area contributed by atoms with E-state index in [0.717, 1.165) is 35.1 Å². The lowest BCUT2D eigenvalue weighted by atomic mass is 9.81. The molecule has 1 unspecified atom stereocenters. The zero-order chi connectivity index (χ0) is 33.7. The molecular formula is C33H39FN8O4S. The smallest absolute Gasteiger partial charge is 0.247 e. The monoisotopic (exact) mass is 662 g/mol. The number of nitrogens with two attached hydrogens (primary N) is 1. The van der Waals surface area contributed by atoms with Crippen LogP contribution in [0.5, 0.6) is 0 Å². The van der Waals surface area contributed by atoms with Crippen molar-refractivity contribution in [3.63, 3.8) is 0 Å². The van der Waals surface area contributed by atoms with Crippen molar-refractivity contribution in [3.8, 4) is 22.5 Å². The Morgan fingerprint density at radius 2 is 1.72 bits per heavy atom. The predicted molar refractivity (Wildman–Crippen MR) is 176 cm³/mol. The number of nitrogens with one attached hydrogen (secondary N) is 3. The van der Waals surface area contributed by atoms with Crippen molar-refractivity contribution in [2.24, 2.45) is 17.6 Å². The van der Waals surface area contributed by atoms with Gasteiger partial charge in [0.25, 0.3) is 0 Å². The number of sulfonamides is 1. The third-order valence-corrected chi connectivity index (χ3v) is 10.5. The minimum absolute atomic E-state index is 0.0862. The molecule has 14 heteroatoms. The Balaban J connectivity index is 1.34. The standard InChI is InChI=1S/C33H39FN8O4S/c1-20-16-26(47(45,46)42(2)3)13-15-27(20)23-8-4-21(5-9-23)17-30(37-32(43)24-10-6-22(19-35)7-11-24)33(44)36-25-12-14-28(29(34)18-25)31-38-40-41-39-31/h4-5,8-9,12-16,18,22,24,30H,6-7,10-11,17,19,35H2,1-3H3,(H,36,44)(H,37,43)(H,38,39,40,41). The van der Waals surface area contributed by atoms with Gasteiger partial charge >= 0.3 is 0 Å². The molecule has 1 aliphatic carbocycles. The number of rotatable bonds is 11. The van der Waals surface area contributed by atoms with Crippen LogP contribution in [0.25, 0.3) is 22.5 Å². The summed E-state index contributed by atoms with van der Waals surface area (Å²) in [4.78, 5) is 27.2. The van der Waals surface area contributed by atoms with Crippen molar-refractivity contribution >= 4 is 27.5 Å². The molecule has 1 fully saturated rings. The first-order valence-electron chi connectivity index (χ1n) is 15.4. The van der Waals surface area contributed by atoms with Gasteiger partial charge in [-0.05, 0) is 103 Å². The van der Waals surface area contributed by atoms with Crippen LogP contribution in [0.1, 0.15) is 36.8 Å². The first-order valence-corrected chi connectivity index (χ1v) is 16.9. The molecule has 1 heterocycles. The van der Waals surface area contributed by atoms with Gasteiger partial charge in [-0.2, -0.15) is 5.21 Å².